The summed E-state index contributed by atoms with van der Waals surface area (Å²) in [5, 5.41) is 5.52. The van der Waals surface area contributed by atoms with Crippen molar-refractivity contribution in [1.29, 1.82) is 0 Å². The van der Waals surface area contributed by atoms with Crippen molar-refractivity contribution in [2.45, 2.75) is 26.8 Å². The van der Waals surface area contributed by atoms with Crippen molar-refractivity contribution in [3.63, 3.8) is 0 Å². The van der Waals surface area contributed by atoms with Gasteiger partial charge in [0, 0.05) is 6.04 Å². The molecule has 0 bridgehead atoms. The maximum atomic E-state index is 12.8. The van der Waals surface area contributed by atoms with Crippen LogP contribution in [0.1, 0.15) is 20.8 Å². The minimum absolute atomic E-state index is 0.0502. The number of carbonyl (C=O) groups excluding carboxylic acids is 1. The molecule has 0 saturated carbocycles. The molecule has 0 aliphatic carbocycles. The topological polar surface area (TPSA) is 41.1 Å². The largest absolute Gasteiger partial charge is 0.335 e. The number of benzene rings is 1. The molecule has 1 rings (SSSR count). The fourth-order valence-electron chi connectivity index (χ4n) is 1.12. The summed E-state index contributed by atoms with van der Waals surface area (Å²) in [6.07, 6.45) is 0. The molecule has 0 aromatic heterocycles. The monoisotopic (exact) mass is 258 g/mol. The first-order valence-corrected chi connectivity index (χ1v) is 5.80. The molecule has 0 aliphatic heterocycles. The highest BCUT2D eigenvalue weighted by Crippen LogP contribution is 2.22. The molecule has 0 saturated heterocycles. The first-order chi connectivity index (χ1) is 7.90. The summed E-state index contributed by atoms with van der Waals surface area (Å²) in [6.45, 7) is 5.93. The maximum absolute atomic E-state index is 12.8. The van der Waals surface area contributed by atoms with E-state index in [0.717, 1.165) is 6.07 Å². The normalized spacial score (nSPS) is 12.4. The third-order valence-electron chi connectivity index (χ3n) is 2.54. The number of anilines is 1. The Morgan fingerprint density at radius 2 is 2.00 bits per heavy atom. The highest BCUT2D eigenvalue weighted by Gasteiger charge is 2.11. The Hall–Kier alpha value is -1.29. The zero-order valence-corrected chi connectivity index (χ0v) is 10.8. The van der Waals surface area contributed by atoms with Gasteiger partial charge >= 0.3 is 6.03 Å². The Balaban J connectivity index is 2.62. The van der Waals surface area contributed by atoms with Crippen LogP contribution in [0.4, 0.5) is 14.9 Å². The lowest BCUT2D eigenvalue weighted by Gasteiger charge is -2.18. The summed E-state index contributed by atoms with van der Waals surface area (Å²) in [5.41, 5.74) is 0.390. The van der Waals surface area contributed by atoms with Crippen molar-refractivity contribution < 1.29 is 9.18 Å². The van der Waals surface area contributed by atoms with Crippen LogP contribution in [0, 0.1) is 11.7 Å². The van der Waals surface area contributed by atoms with Crippen LogP contribution in [0.2, 0.25) is 5.02 Å². The molecule has 17 heavy (non-hydrogen) atoms. The van der Waals surface area contributed by atoms with E-state index in [1.807, 2.05) is 20.8 Å². The Kier molecular flexibility index (Phi) is 4.75. The number of rotatable bonds is 3. The van der Waals surface area contributed by atoms with E-state index in [2.05, 4.69) is 10.6 Å². The molecule has 3 nitrogen and oxygen atoms in total. The van der Waals surface area contributed by atoms with Crippen LogP contribution in [0.25, 0.3) is 0 Å². The SMILES string of the molecule is CC(C)C(C)NC(=O)Nc1ccc(F)cc1Cl. The van der Waals surface area contributed by atoms with E-state index < -0.39 is 5.82 Å². The number of hydrogen-bond donors (Lipinski definition) is 2. The minimum Gasteiger partial charge on any atom is -0.335 e. The summed E-state index contributed by atoms with van der Waals surface area (Å²) in [4.78, 5) is 11.6. The number of amides is 2. The van der Waals surface area contributed by atoms with Crippen LogP contribution in [-0.4, -0.2) is 12.1 Å². The zero-order valence-electron chi connectivity index (χ0n) is 10.1. The maximum Gasteiger partial charge on any atom is 0.319 e. The van der Waals surface area contributed by atoms with Crippen LogP contribution in [0.15, 0.2) is 18.2 Å². The molecular weight excluding hydrogens is 243 g/mol. The van der Waals surface area contributed by atoms with Gasteiger partial charge in [0.1, 0.15) is 5.82 Å². The van der Waals surface area contributed by atoms with Crippen LogP contribution in [-0.2, 0) is 0 Å². The van der Waals surface area contributed by atoms with Gasteiger partial charge in [0.25, 0.3) is 0 Å². The van der Waals surface area contributed by atoms with Crippen molar-refractivity contribution in [3.8, 4) is 0 Å². The lowest BCUT2D eigenvalue weighted by atomic mass is 10.1. The zero-order chi connectivity index (χ0) is 13.0. The molecule has 0 radical (unpaired) electrons. The second-order valence-corrected chi connectivity index (χ2v) is 4.66. The molecule has 5 heteroatoms. The van der Waals surface area contributed by atoms with Gasteiger partial charge in [-0.05, 0) is 31.0 Å². The van der Waals surface area contributed by atoms with Gasteiger partial charge in [-0.25, -0.2) is 9.18 Å². The van der Waals surface area contributed by atoms with E-state index in [4.69, 9.17) is 11.6 Å². The van der Waals surface area contributed by atoms with Gasteiger partial charge in [-0.2, -0.15) is 0 Å². The fraction of sp³-hybridized carbons (Fsp3) is 0.417. The Labute approximate surface area is 105 Å². The van der Waals surface area contributed by atoms with Crippen molar-refractivity contribution in [2.75, 3.05) is 5.32 Å². The van der Waals surface area contributed by atoms with Gasteiger partial charge in [0.2, 0.25) is 0 Å². The van der Waals surface area contributed by atoms with Gasteiger partial charge in [-0.1, -0.05) is 25.4 Å². The lowest BCUT2D eigenvalue weighted by molar-refractivity contribution is 0.246. The van der Waals surface area contributed by atoms with Gasteiger partial charge in [-0.3, -0.25) is 0 Å². The van der Waals surface area contributed by atoms with Crippen LogP contribution < -0.4 is 10.6 Å². The van der Waals surface area contributed by atoms with E-state index in [1.165, 1.54) is 12.1 Å². The van der Waals surface area contributed by atoms with Gasteiger partial charge in [-0.15, -0.1) is 0 Å². The average Bonchev–Trinajstić information content (AvgIpc) is 2.22. The molecule has 0 aliphatic rings. The molecular formula is C12H16ClFN2O. The molecule has 0 spiro atoms. The number of halogens is 2. The van der Waals surface area contributed by atoms with E-state index in [9.17, 15) is 9.18 Å². The molecule has 2 amide bonds. The van der Waals surface area contributed by atoms with E-state index >= 15 is 0 Å². The lowest BCUT2D eigenvalue weighted by Crippen LogP contribution is -2.39. The Bertz CT molecular complexity index is 409. The van der Waals surface area contributed by atoms with E-state index in [1.54, 1.807) is 0 Å². The van der Waals surface area contributed by atoms with Crippen LogP contribution in [0.5, 0.6) is 0 Å². The third kappa shape index (κ3) is 4.23. The molecule has 1 aromatic carbocycles. The van der Waals surface area contributed by atoms with Crippen molar-refractivity contribution >= 4 is 23.3 Å². The summed E-state index contributed by atoms with van der Waals surface area (Å²) < 4.78 is 12.8. The molecule has 1 unspecified atom stereocenters. The Morgan fingerprint density at radius 1 is 1.35 bits per heavy atom. The molecule has 0 fully saturated rings. The fourth-order valence-corrected chi connectivity index (χ4v) is 1.34. The second kappa shape index (κ2) is 5.87. The first kappa shape index (κ1) is 13.8. The molecule has 1 atom stereocenters. The number of hydrogen-bond acceptors (Lipinski definition) is 1. The second-order valence-electron chi connectivity index (χ2n) is 4.26. The van der Waals surface area contributed by atoms with E-state index in [-0.39, 0.29) is 17.1 Å². The van der Waals surface area contributed by atoms with Crippen molar-refractivity contribution in [1.82, 2.24) is 5.32 Å². The quantitative estimate of drug-likeness (QED) is 0.854. The smallest absolute Gasteiger partial charge is 0.319 e. The molecule has 1 aromatic rings. The summed E-state index contributed by atoms with van der Waals surface area (Å²) >= 11 is 5.79. The standard InChI is InChI=1S/C12H16ClFN2O/c1-7(2)8(3)15-12(17)16-11-5-4-9(14)6-10(11)13/h4-8H,1-3H3,(H2,15,16,17). The summed E-state index contributed by atoms with van der Waals surface area (Å²) in [6, 6.07) is 3.53. The number of urea groups is 1. The summed E-state index contributed by atoms with van der Waals surface area (Å²) in [5.74, 6) is -0.0963. The highest BCUT2D eigenvalue weighted by molar-refractivity contribution is 6.33. The third-order valence-corrected chi connectivity index (χ3v) is 2.85. The minimum atomic E-state index is -0.434. The van der Waals surface area contributed by atoms with Crippen molar-refractivity contribution in [2.24, 2.45) is 5.92 Å². The first-order valence-electron chi connectivity index (χ1n) is 5.42. The summed E-state index contributed by atoms with van der Waals surface area (Å²) in [7, 11) is 0. The number of carbonyl (C=O) groups is 1. The van der Waals surface area contributed by atoms with Gasteiger partial charge in [0.15, 0.2) is 0 Å². The van der Waals surface area contributed by atoms with Crippen LogP contribution in [0.3, 0.4) is 0 Å². The Morgan fingerprint density at radius 3 is 2.53 bits per heavy atom. The van der Waals surface area contributed by atoms with E-state index in [0.29, 0.717) is 11.6 Å². The van der Waals surface area contributed by atoms with Gasteiger partial charge < -0.3 is 10.6 Å². The van der Waals surface area contributed by atoms with Crippen molar-refractivity contribution in [3.05, 3.63) is 29.0 Å². The number of nitrogens with one attached hydrogen (secondary N) is 2. The highest BCUT2D eigenvalue weighted by atomic mass is 35.5. The average molecular weight is 259 g/mol. The molecule has 94 valence electrons. The molecule has 2 N–H and O–H groups in total. The van der Waals surface area contributed by atoms with Gasteiger partial charge in [0.05, 0.1) is 10.7 Å². The molecule has 0 heterocycles. The predicted molar refractivity (Wildman–Crippen MR) is 67.9 cm³/mol. The predicted octanol–water partition coefficient (Wildman–Crippen LogP) is 3.65. The van der Waals surface area contributed by atoms with Crippen LogP contribution >= 0.6 is 11.6 Å².